The normalized spacial score (nSPS) is 14.8. The minimum atomic E-state index is -4.46. The predicted molar refractivity (Wildman–Crippen MR) is 169 cm³/mol. The molecule has 5 aromatic rings. The van der Waals surface area contributed by atoms with E-state index in [-0.39, 0.29) is 34.3 Å². The van der Waals surface area contributed by atoms with Crippen LogP contribution in [0.25, 0.3) is 33.4 Å². The van der Waals surface area contributed by atoms with Crippen LogP contribution in [0.15, 0.2) is 78.5 Å². The molecule has 1 saturated heterocycles. The van der Waals surface area contributed by atoms with Gasteiger partial charge in [0.25, 0.3) is 10.0 Å². The Morgan fingerprint density at radius 3 is 2.40 bits per heavy atom. The van der Waals surface area contributed by atoms with E-state index in [4.69, 9.17) is 9.47 Å². The molecule has 0 atom stereocenters. The fourth-order valence-electron chi connectivity index (χ4n) is 5.30. The molecule has 16 heteroatoms. The second-order valence-corrected chi connectivity index (χ2v) is 14.1. The van der Waals surface area contributed by atoms with Gasteiger partial charge in [-0.3, -0.25) is 9.67 Å². The Hall–Kier alpha value is -4.99. The van der Waals surface area contributed by atoms with Gasteiger partial charge in [0.05, 0.1) is 29.2 Å². The van der Waals surface area contributed by atoms with Crippen molar-refractivity contribution in [3.8, 4) is 28.3 Å². The molecule has 5 heterocycles. The molecule has 0 spiro atoms. The number of hydrogen-bond donors (Lipinski definition) is 0. The van der Waals surface area contributed by atoms with Gasteiger partial charge in [0.2, 0.25) is 5.88 Å². The molecule has 0 saturated carbocycles. The molecule has 48 heavy (non-hydrogen) atoms. The molecular formula is C32H32F3N7O5S. The SMILES string of the molecule is CC(C)(C)OC(=O)N1CCC(Oc2cncc(-c3cn(S(=O)(=O)c4ccccc4)c4ncc(-c5cnn(CC(F)(F)F)c5)cc34)n2)CC1. The van der Waals surface area contributed by atoms with Crippen molar-refractivity contribution in [3.63, 3.8) is 0 Å². The highest BCUT2D eigenvalue weighted by Crippen LogP contribution is 2.35. The summed E-state index contributed by atoms with van der Waals surface area (Å²) in [7, 11) is -4.11. The van der Waals surface area contributed by atoms with Crippen LogP contribution in [-0.2, 0) is 21.3 Å². The highest BCUT2D eigenvalue weighted by atomic mass is 32.2. The Balaban J connectivity index is 1.33. The van der Waals surface area contributed by atoms with E-state index in [2.05, 4.69) is 20.1 Å². The number of carbonyl (C=O) groups excluding carboxylic acids is 1. The molecule has 1 aromatic carbocycles. The largest absolute Gasteiger partial charge is 0.473 e. The number of amides is 1. The summed E-state index contributed by atoms with van der Waals surface area (Å²) in [6.45, 7) is 5.04. The van der Waals surface area contributed by atoms with Gasteiger partial charge in [-0.2, -0.15) is 18.3 Å². The molecule has 12 nitrogen and oxygen atoms in total. The third kappa shape index (κ3) is 7.27. The molecule has 1 aliphatic heterocycles. The Morgan fingerprint density at radius 1 is 0.979 bits per heavy atom. The second kappa shape index (κ2) is 12.6. The molecule has 252 valence electrons. The monoisotopic (exact) mass is 683 g/mol. The lowest BCUT2D eigenvalue weighted by molar-refractivity contribution is -0.142. The number of benzene rings is 1. The third-order valence-electron chi connectivity index (χ3n) is 7.49. The first kappa shape index (κ1) is 32.9. The zero-order chi connectivity index (χ0) is 34.3. The number of nitrogens with zero attached hydrogens (tertiary/aromatic N) is 7. The number of aromatic nitrogens is 6. The lowest BCUT2D eigenvalue weighted by Crippen LogP contribution is -2.44. The number of halogens is 3. The van der Waals surface area contributed by atoms with E-state index >= 15 is 0 Å². The van der Waals surface area contributed by atoms with Crippen LogP contribution in [0.3, 0.4) is 0 Å². The van der Waals surface area contributed by atoms with Gasteiger partial charge in [-0.15, -0.1) is 0 Å². The molecule has 1 fully saturated rings. The fourth-order valence-corrected chi connectivity index (χ4v) is 6.65. The highest BCUT2D eigenvalue weighted by molar-refractivity contribution is 7.90. The molecule has 0 bridgehead atoms. The highest BCUT2D eigenvalue weighted by Gasteiger charge is 2.30. The van der Waals surface area contributed by atoms with Gasteiger partial charge < -0.3 is 14.4 Å². The lowest BCUT2D eigenvalue weighted by Gasteiger charge is -2.33. The first-order valence-corrected chi connectivity index (χ1v) is 16.5. The summed E-state index contributed by atoms with van der Waals surface area (Å²) in [5.74, 6) is 0.201. The number of likely N-dealkylation sites (tertiary alicyclic amines) is 1. The van der Waals surface area contributed by atoms with E-state index < -0.39 is 28.3 Å². The maximum atomic E-state index is 13.8. The lowest BCUT2D eigenvalue weighted by atomic mass is 10.1. The summed E-state index contributed by atoms with van der Waals surface area (Å²) < 4.78 is 79.9. The van der Waals surface area contributed by atoms with Crippen LogP contribution in [0.2, 0.25) is 0 Å². The summed E-state index contributed by atoms with van der Waals surface area (Å²) in [5.41, 5.74) is 0.915. The van der Waals surface area contributed by atoms with Crippen LogP contribution >= 0.6 is 0 Å². The number of alkyl halides is 3. The van der Waals surface area contributed by atoms with Crippen molar-refractivity contribution in [1.29, 1.82) is 0 Å². The van der Waals surface area contributed by atoms with E-state index in [1.54, 1.807) is 29.2 Å². The first-order valence-electron chi connectivity index (χ1n) is 15.0. The number of carbonyl (C=O) groups is 1. The van der Waals surface area contributed by atoms with Crippen LogP contribution in [0.1, 0.15) is 33.6 Å². The van der Waals surface area contributed by atoms with Crippen LogP contribution in [0.5, 0.6) is 5.88 Å². The number of pyridine rings is 1. The summed E-state index contributed by atoms with van der Waals surface area (Å²) in [6, 6.07) is 9.47. The minimum Gasteiger partial charge on any atom is -0.473 e. The van der Waals surface area contributed by atoms with Crippen LogP contribution in [0.4, 0.5) is 18.0 Å². The molecule has 0 radical (unpaired) electrons. The maximum absolute atomic E-state index is 13.8. The van der Waals surface area contributed by atoms with Crippen LogP contribution < -0.4 is 4.74 Å². The van der Waals surface area contributed by atoms with Crippen molar-refractivity contribution in [2.24, 2.45) is 0 Å². The van der Waals surface area contributed by atoms with Gasteiger partial charge in [0.15, 0.2) is 5.65 Å². The zero-order valence-electron chi connectivity index (χ0n) is 26.3. The van der Waals surface area contributed by atoms with E-state index in [1.807, 2.05) is 20.8 Å². The van der Waals surface area contributed by atoms with Crippen molar-refractivity contribution in [3.05, 3.63) is 73.6 Å². The number of rotatable bonds is 7. The van der Waals surface area contributed by atoms with Crippen molar-refractivity contribution in [2.45, 2.75) is 62.9 Å². The molecule has 0 unspecified atom stereocenters. The molecule has 1 amide bonds. The summed E-state index contributed by atoms with van der Waals surface area (Å²) in [4.78, 5) is 27.5. The van der Waals surface area contributed by atoms with E-state index in [1.165, 1.54) is 49.3 Å². The van der Waals surface area contributed by atoms with Gasteiger partial charge >= 0.3 is 12.3 Å². The standard InChI is InChI=1S/C32H32F3N7O5S/c1-31(2,3)47-30(43)40-11-9-23(10-12-40)46-28-17-36-16-27(39-28)26-19-42(48(44,45)24-7-5-4-6-8-24)29-25(26)13-21(14-37-29)22-15-38-41(18-22)20-32(33,34)35/h4-8,13-19,23H,9-12,20H2,1-3H3. The topological polar surface area (TPSA) is 134 Å². The summed E-state index contributed by atoms with van der Waals surface area (Å²) in [5, 5.41) is 4.19. The van der Waals surface area contributed by atoms with Crippen LogP contribution in [-0.4, -0.2) is 79.1 Å². The molecule has 0 aliphatic carbocycles. The van der Waals surface area contributed by atoms with Gasteiger partial charge in [0, 0.05) is 66.6 Å². The third-order valence-corrected chi connectivity index (χ3v) is 9.15. The first-order chi connectivity index (χ1) is 22.7. The Kier molecular flexibility index (Phi) is 8.62. The average molecular weight is 684 g/mol. The van der Waals surface area contributed by atoms with Gasteiger partial charge in [-0.1, -0.05) is 18.2 Å². The molecular weight excluding hydrogens is 651 g/mol. The summed E-state index contributed by atoms with van der Waals surface area (Å²) in [6.07, 6.45) is 4.19. The molecule has 0 N–H and O–H groups in total. The molecule has 1 aliphatic rings. The van der Waals surface area contributed by atoms with Crippen molar-refractivity contribution >= 4 is 27.1 Å². The summed E-state index contributed by atoms with van der Waals surface area (Å²) >= 11 is 0. The fraction of sp³-hybridized carbons (Fsp3) is 0.344. The Bertz CT molecular complexity index is 2050. The van der Waals surface area contributed by atoms with Crippen molar-refractivity contribution in [2.75, 3.05) is 13.1 Å². The maximum Gasteiger partial charge on any atom is 0.410 e. The Labute approximate surface area is 274 Å². The predicted octanol–water partition coefficient (Wildman–Crippen LogP) is 5.93. The average Bonchev–Trinajstić information content (AvgIpc) is 3.65. The van der Waals surface area contributed by atoms with Crippen LogP contribution in [0, 0.1) is 0 Å². The quantitative estimate of drug-likeness (QED) is 0.205. The minimum absolute atomic E-state index is 0.0358. The van der Waals surface area contributed by atoms with E-state index in [9.17, 15) is 26.4 Å². The molecule has 6 rings (SSSR count). The number of piperidine rings is 1. The van der Waals surface area contributed by atoms with Crippen molar-refractivity contribution < 1.29 is 35.9 Å². The van der Waals surface area contributed by atoms with Gasteiger partial charge in [-0.05, 0) is 39.0 Å². The van der Waals surface area contributed by atoms with Crippen molar-refractivity contribution in [1.82, 2.24) is 33.6 Å². The zero-order valence-corrected chi connectivity index (χ0v) is 27.1. The van der Waals surface area contributed by atoms with Gasteiger partial charge in [-0.25, -0.2) is 27.2 Å². The number of hydrogen-bond acceptors (Lipinski definition) is 9. The smallest absolute Gasteiger partial charge is 0.410 e. The Morgan fingerprint density at radius 2 is 1.71 bits per heavy atom. The second-order valence-electron chi connectivity index (χ2n) is 12.3. The van der Waals surface area contributed by atoms with E-state index in [0.717, 1.165) is 8.65 Å². The number of ether oxygens (including phenoxy) is 2. The molecule has 4 aromatic heterocycles. The van der Waals surface area contributed by atoms with Gasteiger partial charge in [0.1, 0.15) is 18.2 Å². The number of fused-ring (bicyclic) bond motifs is 1. The van der Waals surface area contributed by atoms with E-state index in [0.29, 0.717) is 48.0 Å².